The maximum absolute atomic E-state index is 13.2. The van der Waals surface area contributed by atoms with Crippen molar-refractivity contribution in [2.75, 3.05) is 26.6 Å². The summed E-state index contributed by atoms with van der Waals surface area (Å²) in [6.07, 6.45) is -1.49. The van der Waals surface area contributed by atoms with E-state index in [1.807, 2.05) is 0 Å². The number of nitrogen functional groups attached to an aromatic ring is 1. The van der Waals surface area contributed by atoms with Crippen molar-refractivity contribution in [3.8, 4) is 11.3 Å². The first-order chi connectivity index (χ1) is 12.4. The zero-order valence-electron chi connectivity index (χ0n) is 16.2. The van der Waals surface area contributed by atoms with Crippen LogP contribution < -0.4 is 57.1 Å². The Morgan fingerprint density at radius 1 is 1.36 bits per heavy atom. The number of methoxy groups -OCH3 is 1. The number of alkyl halides is 3. The first kappa shape index (κ1) is 29.6. The van der Waals surface area contributed by atoms with Crippen molar-refractivity contribution in [1.82, 2.24) is 9.97 Å². The Balaban J connectivity index is 0. The number of fused-ring (bicyclic) bond motifs is 1. The molecule has 10 heteroatoms. The van der Waals surface area contributed by atoms with E-state index in [9.17, 15) is 13.2 Å². The number of ether oxygens (including phenoxy) is 1. The molecule has 3 aromatic rings. The maximum atomic E-state index is 13.2. The molecule has 5 nitrogen and oxygen atoms in total. The molecule has 0 saturated carbocycles. The summed E-state index contributed by atoms with van der Waals surface area (Å²) in [4.78, 5) is 8.31. The van der Waals surface area contributed by atoms with Gasteiger partial charge in [-0.25, -0.2) is 0 Å². The zero-order valence-corrected chi connectivity index (χ0v) is 20.1. The van der Waals surface area contributed by atoms with Crippen LogP contribution in [-0.4, -0.2) is 35.9 Å². The quantitative estimate of drug-likeness (QED) is 0.465. The number of nitrogens with zero attached hydrogens (tertiary/aromatic N) is 2. The molecule has 3 N–H and O–H groups in total. The van der Waals surface area contributed by atoms with E-state index in [0.29, 0.717) is 12.2 Å². The first-order valence-electron chi connectivity index (χ1n) is 7.19. The fourth-order valence-corrected chi connectivity index (χ4v) is 2.67. The number of pyridine rings is 2. The Morgan fingerprint density at radius 2 is 1.96 bits per heavy atom. The van der Waals surface area contributed by atoms with Crippen LogP contribution in [0.15, 0.2) is 30.6 Å². The Labute approximate surface area is 209 Å². The second kappa shape index (κ2) is 14.4. The zero-order chi connectivity index (χ0) is 19.7. The molecule has 0 saturated heterocycles. The fraction of sp³-hybridized carbons (Fsp3) is 0.222. The van der Waals surface area contributed by atoms with Crippen molar-refractivity contribution in [2.45, 2.75) is 6.18 Å². The van der Waals surface area contributed by atoms with Crippen LogP contribution in [0, 0.1) is 19.7 Å². The van der Waals surface area contributed by atoms with Crippen molar-refractivity contribution >= 4 is 27.2 Å². The summed E-state index contributed by atoms with van der Waals surface area (Å²) in [5.41, 5.74) is 5.48. The Morgan fingerprint density at radius 3 is 2.43 bits per heavy atom. The number of hydrogen-bond acceptors (Lipinski definition) is 6. The van der Waals surface area contributed by atoms with Crippen molar-refractivity contribution in [1.29, 1.82) is 0 Å². The first-order valence-corrected chi connectivity index (χ1v) is 8.01. The molecule has 0 amide bonds. The standard InChI is InChI=1S/C13H7F3N3S.C3H7O.CH4O.CH3.K/c14-13(15,16)8-4-10(7-2-1-3-18-5-7)19-12-11(8)9(17)6-20-12;1-3-4-2;1-2;;/h1-5H,17H2;1,3H2,2H3;2H,1H3;1H3;/q2*-1;;-1;+1. The third-order valence-corrected chi connectivity index (χ3v) is 3.79. The van der Waals surface area contributed by atoms with Gasteiger partial charge in [-0.2, -0.15) is 13.2 Å². The van der Waals surface area contributed by atoms with Gasteiger partial charge in [0, 0.05) is 37.7 Å². The van der Waals surface area contributed by atoms with Gasteiger partial charge in [0.05, 0.1) is 5.69 Å². The van der Waals surface area contributed by atoms with Crippen LogP contribution >= 0.6 is 11.3 Å². The Kier molecular flexibility index (Phi) is 15.2. The molecule has 3 heterocycles. The van der Waals surface area contributed by atoms with Crippen LogP contribution in [-0.2, 0) is 10.9 Å². The summed E-state index contributed by atoms with van der Waals surface area (Å²) in [6, 6.07) is 4.29. The van der Waals surface area contributed by atoms with E-state index in [0.717, 1.165) is 24.5 Å². The van der Waals surface area contributed by atoms with E-state index >= 15 is 0 Å². The number of hydrogen-bond donors (Lipinski definition) is 2. The third kappa shape index (κ3) is 8.03. The van der Waals surface area contributed by atoms with Crippen molar-refractivity contribution < 1.29 is 74.4 Å². The minimum atomic E-state index is -4.50. The minimum Gasteiger partial charge on any atom is -0.419 e. The summed E-state index contributed by atoms with van der Waals surface area (Å²) < 4.78 is 43.9. The average Bonchev–Trinajstić information content (AvgIpc) is 3.04. The van der Waals surface area contributed by atoms with Gasteiger partial charge in [-0.3, -0.25) is 16.3 Å². The fourth-order valence-electron chi connectivity index (χ4n) is 1.90. The largest absolute Gasteiger partial charge is 1.00 e. The molecule has 0 radical (unpaired) electrons. The number of aliphatic hydroxyl groups excluding tert-OH is 1. The molecule has 3 aromatic heterocycles. The topological polar surface area (TPSA) is 81.3 Å². The van der Waals surface area contributed by atoms with Crippen LogP contribution in [0.5, 0.6) is 0 Å². The van der Waals surface area contributed by atoms with Crippen molar-refractivity contribution in [2.24, 2.45) is 0 Å². The number of aromatic nitrogens is 2. The van der Waals surface area contributed by atoms with Crippen LogP contribution in [0.2, 0.25) is 0 Å². The predicted octanol–water partition coefficient (Wildman–Crippen LogP) is 1.29. The number of aliphatic hydroxyl groups is 1. The van der Waals surface area contributed by atoms with Gasteiger partial charge < -0.3 is 34.9 Å². The molecule has 0 aliphatic rings. The molecule has 0 unspecified atom stereocenters. The summed E-state index contributed by atoms with van der Waals surface area (Å²) in [7, 11) is 2.62. The monoisotopic (exact) mass is 439 g/mol. The van der Waals surface area contributed by atoms with Crippen molar-refractivity contribution in [3.05, 3.63) is 55.9 Å². The molecule has 3 rings (SSSR count). The van der Waals surface area contributed by atoms with Crippen LogP contribution in [0.3, 0.4) is 0 Å². The van der Waals surface area contributed by atoms with Crippen LogP contribution in [0.25, 0.3) is 21.5 Å². The Bertz CT molecular complexity index is 813. The summed E-state index contributed by atoms with van der Waals surface area (Å²) in [5.74, 6) is 0. The number of nitrogens with two attached hydrogens (primary N) is 1. The average molecular weight is 440 g/mol. The van der Waals surface area contributed by atoms with Crippen molar-refractivity contribution in [3.63, 3.8) is 0 Å². The van der Waals surface area contributed by atoms with Gasteiger partial charge in [-0.05, 0) is 23.0 Å². The van der Waals surface area contributed by atoms with Gasteiger partial charge in [0.25, 0.3) is 0 Å². The molecule has 0 bridgehead atoms. The van der Waals surface area contributed by atoms with Gasteiger partial charge in [-0.15, -0.1) is 5.39 Å². The van der Waals surface area contributed by atoms with Gasteiger partial charge >= 0.3 is 57.6 Å². The smallest absolute Gasteiger partial charge is 0.419 e. The number of halogens is 3. The van der Waals surface area contributed by atoms with Crippen LogP contribution in [0.1, 0.15) is 5.56 Å². The number of thiophene rings is 1. The molecular formula is C18H21F3KN3O2S-2. The summed E-state index contributed by atoms with van der Waals surface area (Å²) >= 11 is 0.972. The molecule has 28 heavy (non-hydrogen) atoms. The number of rotatable bonds is 2. The van der Waals surface area contributed by atoms with E-state index in [-0.39, 0.29) is 80.4 Å². The molecule has 0 spiro atoms. The maximum Gasteiger partial charge on any atom is 1.00 e. The SMILES string of the molecule is CO.Nc1[c-]sc2nc(-c3cccnc3)cc(C(F)(F)F)c12.[CH2-]COC.[CH3-].[K+]. The van der Waals surface area contributed by atoms with E-state index in [4.69, 9.17) is 10.8 Å². The predicted molar refractivity (Wildman–Crippen MR) is 103 cm³/mol. The van der Waals surface area contributed by atoms with Gasteiger partial charge in [0.1, 0.15) is 0 Å². The molecule has 0 atom stereocenters. The number of anilines is 1. The van der Waals surface area contributed by atoms with Gasteiger partial charge in [0.2, 0.25) is 0 Å². The molecule has 0 aliphatic carbocycles. The second-order valence-electron chi connectivity index (χ2n) is 4.59. The van der Waals surface area contributed by atoms with E-state index < -0.39 is 11.7 Å². The van der Waals surface area contributed by atoms with E-state index in [1.165, 1.54) is 6.20 Å². The third-order valence-electron chi connectivity index (χ3n) is 2.98. The molecular weight excluding hydrogens is 418 g/mol. The normalized spacial score (nSPS) is 9.82. The van der Waals surface area contributed by atoms with Crippen LogP contribution in [0.4, 0.5) is 18.9 Å². The molecule has 0 aromatic carbocycles. The van der Waals surface area contributed by atoms with Gasteiger partial charge in [0.15, 0.2) is 0 Å². The summed E-state index contributed by atoms with van der Waals surface area (Å²) in [6.45, 7) is 3.95. The van der Waals surface area contributed by atoms with Gasteiger partial charge in [-0.1, -0.05) is 17.7 Å². The summed E-state index contributed by atoms with van der Waals surface area (Å²) in [5, 5.41) is 9.52. The molecule has 0 fully saturated rings. The van der Waals surface area contributed by atoms with E-state index in [1.54, 1.807) is 25.4 Å². The Hall–Kier alpha value is -0.594. The molecule has 150 valence electrons. The van der Waals surface area contributed by atoms with E-state index in [2.05, 4.69) is 27.0 Å². The molecule has 0 aliphatic heterocycles. The second-order valence-corrected chi connectivity index (χ2v) is 5.38. The minimum absolute atomic E-state index is 0.